The highest BCUT2D eigenvalue weighted by Gasteiger charge is 2.28. The molecule has 0 atom stereocenters. The van der Waals surface area contributed by atoms with Gasteiger partial charge in [0.2, 0.25) is 0 Å². The van der Waals surface area contributed by atoms with E-state index in [0.717, 1.165) is 18.4 Å². The van der Waals surface area contributed by atoms with Gasteiger partial charge in [-0.25, -0.2) is 8.78 Å². The summed E-state index contributed by atoms with van der Waals surface area (Å²) in [6.45, 7) is 0.996. The lowest BCUT2D eigenvalue weighted by Crippen LogP contribution is -2.39. The number of anilines is 2. The number of nitrogens with one attached hydrogen (secondary N) is 1. The van der Waals surface area contributed by atoms with E-state index in [0.29, 0.717) is 18.8 Å². The van der Waals surface area contributed by atoms with Gasteiger partial charge in [-0.1, -0.05) is 23.7 Å². The maximum atomic E-state index is 14.2. The van der Waals surface area contributed by atoms with Crippen LogP contribution in [-0.2, 0) is 7.05 Å². The Bertz CT molecular complexity index is 1270. The van der Waals surface area contributed by atoms with Gasteiger partial charge in [0, 0.05) is 38.1 Å². The molecule has 1 aliphatic rings. The van der Waals surface area contributed by atoms with Crippen LogP contribution in [0, 0.1) is 11.6 Å². The van der Waals surface area contributed by atoms with Crippen molar-refractivity contribution < 1.29 is 18.3 Å². The van der Waals surface area contributed by atoms with Crippen LogP contribution >= 0.6 is 11.6 Å². The molecule has 0 aliphatic carbocycles. The van der Waals surface area contributed by atoms with Crippen molar-refractivity contribution in [3.63, 3.8) is 0 Å². The highest BCUT2D eigenvalue weighted by atomic mass is 35.5. The minimum atomic E-state index is -0.594. The van der Waals surface area contributed by atoms with Gasteiger partial charge in [-0.05, 0) is 48.6 Å². The van der Waals surface area contributed by atoms with E-state index >= 15 is 0 Å². The van der Waals surface area contributed by atoms with E-state index in [-0.39, 0.29) is 39.7 Å². The first-order valence-corrected chi connectivity index (χ1v) is 11.2. The highest BCUT2D eigenvalue weighted by Crippen LogP contribution is 2.32. The van der Waals surface area contributed by atoms with Gasteiger partial charge < -0.3 is 19.5 Å². The number of rotatable bonds is 5. The van der Waals surface area contributed by atoms with Gasteiger partial charge in [0.25, 0.3) is 11.5 Å². The summed E-state index contributed by atoms with van der Waals surface area (Å²) in [5.41, 5.74) is 1.22. The topological polar surface area (TPSA) is 63.6 Å². The normalized spacial score (nSPS) is 14.2. The van der Waals surface area contributed by atoms with Crippen LogP contribution in [0.1, 0.15) is 34.7 Å². The summed E-state index contributed by atoms with van der Waals surface area (Å²) in [5, 5.41) is 2.78. The molecule has 0 unspecified atom stereocenters. The van der Waals surface area contributed by atoms with Crippen molar-refractivity contribution in [1.29, 1.82) is 0 Å². The van der Waals surface area contributed by atoms with E-state index in [1.807, 2.05) is 0 Å². The van der Waals surface area contributed by atoms with Crippen molar-refractivity contribution in [2.75, 3.05) is 25.5 Å². The molecule has 2 aromatic carbocycles. The summed E-state index contributed by atoms with van der Waals surface area (Å²) >= 11 is 6.34. The number of likely N-dealkylation sites (tertiary alicyclic amines) is 1. The molecule has 6 nitrogen and oxygen atoms in total. The third kappa shape index (κ3) is 4.77. The second-order valence-corrected chi connectivity index (χ2v) is 8.62. The molecule has 178 valence electrons. The van der Waals surface area contributed by atoms with Gasteiger partial charge >= 0.3 is 0 Å². The SMILES string of the molecule is COc1ccc(Nc2c(C(=O)N3CCC(c4ccc(F)cc4)CC3)cn(C)c(=O)c2Cl)cc1F. The Balaban J connectivity index is 1.58. The van der Waals surface area contributed by atoms with Crippen LogP contribution in [0.3, 0.4) is 0 Å². The fourth-order valence-corrected chi connectivity index (χ4v) is 4.47. The van der Waals surface area contributed by atoms with Crippen LogP contribution in [-0.4, -0.2) is 35.6 Å². The first kappa shape index (κ1) is 23.8. The van der Waals surface area contributed by atoms with Gasteiger partial charge in [-0.3, -0.25) is 9.59 Å². The van der Waals surface area contributed by atoms with Crippen molar-refractivity contribution >= 4 is 28.9 Å². The number of pyridine rings is 1. The number of ether oxygens (including phenoxy) is 1. The maximum absolute atomic E-state index is 14.2. The molecule has 0 radical (unpaired) electrons. The number of hydrogen-bond acceptors (Lipinski definition) is 4. The third-order valence-electron chi connectivity index (χ3n) is 6.09. The zero-order valence-electron chi connectivity index (χ0n) is 18.8. The molecule has 1 fully saturated rings. The van der Waals surface area contributed by atoms with Crippen LogP contribution in [0.4, 0.5) is 20.2 Å². The number of halogens is 3. The Morgan fingerprint density at radius 3 is 2.41 bits per heavy atom. The van der Waals surface area contributed by atoms with Gasteiger partial charge in [-0.2, -0.15) is 0 Å². The fourth-order valence-electron chi connectivity index (χ4n) is 4.19. The lowest BCUT2D eigenvalue weighted by atomic mass is 9.89. The molecule has 3 aromatic rings. The first-order valence-electron chi connectivity index (χ1n) is 10.8. The van der Waals surface area contributed by atoms with E-state index in [2.05, 4.69) is 5.32 Å². The van der Waals surface area contributed by atoms with E-state index in [9.17, 15) is 18.4 Å². The number of carbonyl (C=O) groups excluding carboxylic acids is 1. The third-order valence-corrected chi connectivity index (χ3v) is 6.45. The van der Waals surface area contributed by atoms with Crippen molar-refractivity contribution in [2.45, 2.75) is 18.8 Å². The van der Waals surface area contributed by atoms with Crippen molar-refractivity contribution in [2.24, 2.45) is 7.05 Å². The number of nitrogens with zero attached hydrogens (tertiary/aromatic N) is 2. The molecule has 1 aliphatic heterocycles. The molecule has 0 spiro atoms. The lowest BCUT2D eigenvalue weighted by molar-refractivity contribution is 0.0713. The molecule has 0 bridgehead atoms. The van der Waals surface area contributed by atoms with Gasteiger partial charge in [0.1, 0.15) is 10.8 Å². The molecule has 34 heavy (non-hydrogen) atoms. The van der Waals surface area contributed by atoms with Crippen molar-refractivity contribution in [1.82, 2.24) is 9.47 Å². The average Bonchev–Trinajstić information content (AvgIpc) is 2.84. The average molecular weight is 488 g/mol. The maximum Gasteiger partial charge on any atom is 0.271 e. The zero-order valence-corrected chi connectivity index (χ0v) is 19.5. The lowest BCUT2D eigenvalue weighted by Gasteiger charge is -2.33. The van der Waals surface area contributed by atoms with Crippen LogP contribution in [0.2, 0.25) is 5.02 Å². The van der Waals surface area contributed by atoms with Crippen molar-refractivity contribution in [3.05, 3.63) is 86.8 Å². The number of hydrogen-bond donors (Lipinski definition) is 1. The van der Waals surface area contributed by atoms with Crippen LogP contribution in [0.5, 0.6) is 5.75 Å². The largest absolute Gasteiger partial charge is 0.494 e. The molecule has 1 saturated heterocycles. The first-order chi connectivity index (χ1) is 16.3. The van der Waals surface area contributed by atoms with Crippen molar-refractivity contribution in [3.8, 4) is 5.75 Å². The number of aryl methyl sites for hydroxylation is 1. The minimum absolute atomic E-state index is 0.0703. The molecular weight excluding hydrogens is 464 g/mol. The second-order valence-electron chi connectivity index (χ2n) is 8.24. The summed E-state index contributed by atoms with van der Waals surface area (Å²) in [7, 11) is 2.88. The number of amides is 1. The predicted molar refractivity (Wildman–Crippen MR) is 127 cm³/mol. The molecule has 1 amide bonds. The standard InChI is InChI=1S/C25H24ClF2N3O3/c1-30-14-19(23(22(26)25(30)33)29-18-7-8-21(34-2)20(28)13-18)24(32)31-11-9-16(10-12-31)15-3-5-17(27)6-4-15/h3-8,13-14,16,29H,9-12H2,1-2H3. The molecule has 1 N–H and O–H groups in total. The Kier molecular flexibility index (Phi) is 6.88. The van der Waals surface area contributed by atoms with E-state index in [1.54, 1.807) is 23.1 Å². The molecule has 1 aromatic heterocycles. The van der Waals surface area contributed by atoms with Crippen LogP contribution in [0.15, 0.2) is 53.5 Å². The Hall–Kier alpha value is -3.39. The zero-order chi connectivity index (χ0) is 24.4. The summed E-state index contributed by atoms with van der Waals surface area (Å²) in [6, 6.07) is 10.7. The van der Waals surface area contributed by atoms with Gasteiger partial charge in [0.15, 0.2) is 11.6 Å². The minimum Gasteiger partial charge on any atom is -0.494 e. The van der Waals surface area contributed by atoms with Gasteiger partial charge in [-0.15, -0.1) is 0 Å². The Labute approximate surface area is 200 Å². The number of benzene rings is 2. The summed E-state index contributed by atoms with van der Waals surface area (Å²) < 4.78 is 33.6. The summed E-state index contributed by atoms with van der Waals surface area (Å²) in [6.07, 6.45) is 2.89. The molecule has 9 heteroatoms. The summed E-state index contributed by atoms with van der Waals surface area (Å²) in [5.74, 6) is -0.858. The fraction of sp³-hybridized carbons (Fsp3) is 0.280. The van der Waals surface area contributed by atoms with E-state index in [4.69, 9.17) is 16.3 Å². The molecule has 0 saturated carbocycles. The summed E-state index contributed by atoms with van der Waals surface area (Å²) in [4.78, 5) is 27.6. The van der Waals surface area contributed by atoms with E-state index < -0.39 is 11.4 Å². The smallest absolute Gasteiger partial charge is 0.271 e. The van der Waals surface area contributed by atoms with E-state index in [1.165, 1.54) is 49.2 Å². The molecule has 2 heterocycles. The molecular formula is C25H24ClF2N3O3. The number of carbonyl (C=O) groups is 1. The van der Waals surface area contributed by atoms with Crippen LogP contribution in [0.25, 0.3) is 0 Å². The highest BCUT2D eigenvalue weighted by molar-refractivity contribution is 6.34. The number of piperidine rings is 1. The Morgan fingerprint density at radius 2 is 1.79 bits per heavy atom. The predicted octanol–water partition coefficient (Wildman–Crippen LogP) is 5.09. The second kappa shape index (κ2) is 9.85. The quantitative estimate of drug-likeness (QED) is 0.544. The van der Waals surface area contributed by atoms with Crippen LogP contribution < -0.4 is 15.6 Å². The number of aromatic nitrogens is 1. The monoisotopic (exact) mass is 487 g/mol. The number of methoxy groups -OCH3 is 1. The Morgan fingerprint density at radius 1 is 1.12 bits per heavy atom. The van der Waals surface area contributed by atoms with Gasteiger partial charge in [0.05, 0.1) is 18.4 Å². The molecule has 4 rings (SSSR count).